The average molecular weight is 436 g/mol. The fourth-order valence-electron chi connectivity index (χ4n) is 6.73. The summed E-state index contributed by atoms with van der Waals surface area (Å²) in [4.78, 5) is 4.53. The Bertz CT molecular complexity index is 1320. The Labute approximate surface area is 195 Å². The van der Waals surface area contributed by atoms with Crippen molar-refractivity contribution in [3.8, 4) is 0 Å². The zero-order valence-corrected chi connectivity index (χ0v) is 19.0. The van der Waals surface area contributed by atoms with Crippen LogP contribution in [0.25, 0.3) is 21.7 Å². The van der Waals surface area contributed by atoms with Gasteiger partial charge < -0.3 is 9.59 Å². The van der Waals surface area contributed by atoms with Gasteiger partial charge >= 0.3 is 0 Å². The third-order valence-electron chi connectivity index (χ3n) is 8.41. The van der Waals surface area contributed by atoms with Gasteiger partial charge in [-0.1, -0.05) is 66.7 Å². The fraction of sp³-hybridized carbons (Fsp3) is 0.300. The molecule has 0 aliphatic carbocycles. The molecule has 5 atom stereocenters. The predicted molar refractivity (Wildman–Crippen MR) is 135 cm³/mol. The van der Waals surface area contributed by atoms with Crippen molar-refractivity contribution in [2.75, 3.05) is 13.1 Å². The predicted octanol–water partition coefficient (Wildman–Crippen LogP) is 6.03. The Morgan fingerprint density at radius 2 is 1.79 bits per heavy atom. The summed E-state index contributed by atoms with van der Waals surface area (Å²) >= 11 is 0. The summed E-state index contributed by atoms with van der Waals surface area (Å²) in [5.74, 6) is 1.13. The SMILES string of the molecule is C=C[C@H]1C[N@+]2(Cc3cccc4ccccc34)CC[C@H]1C[C@@H]2[C@@H](O)c1ccnc2ccccc12. The van der Waals surface area contributed by atoms with Crippen LogP contribution in [-0.2, 0) is 6.54 Å². The van der Waals surface area contributed by atoms with Gasteiger partial charge in [-0.15, -0.1) is 6.58 Å². The van der Waals surface area contributed by atoms with E-state index in [1.807, 2.05) is 30.5 Å². The quantitative estimate of drug-likeness (QED) is 0.307. The van der Waals surface area contributed by atoms with E-state index >= 15 is 0 Å². The molecule has 3 heteroatoms. The molecule has 1 N–H and O–H groups in total. The van der Waals surface area contributed by atoms with Crippen molar-refractivity contribution in [1.82, 2.24) is 4.98 Å². The minimum Gasteiger partial charge on any atom is -0.382 e. The molecule has 2 bridgehead atoms. The van der Waals surface area contributed by atoms with Crippen LogP contribution in [0.1, 0.15) is 30.1 Å². The molecule has 1 aromatic heterocycles. The molecule has 0 saturated carbocycles. The van der Waals surface area contributed by atoms with E-state index in [1.165, 1.54) is 22.8 Å². The molecule has 3 fully saturated rings. The Balaban J connectivity index is 1.44. The lowest BCUT2D eigenvalue weighted by molar-refractivity contribution is -0.984. The second-order valence-electron chi connectivity index (χ2n) is 10.0. The monoisotopic (exact) mass is 435 g/mol. The van der Waals surface area contributed by atoms with Gasteiger partial charge in [0.25, 0.3) is 0 Å². The number of pyridine rings is 1. The van der Waals surface area contributed by atoms with Crippen LogP contribution in [0.3, 0.4) is 0 Å². The number of aliphatic hydroxyl groups excluding tert-OH is 1. The van der Waals surface area contributed by atoms with Crippen molar-refractivity contribution < 1.29 is 9.59 Å². The molecule has 166 valence electrons. The van der Waals surface area contributed by atoms with Crippen LogP contribution >= 0.6 is 0 Å². The summed E-state index contributed by atoms with van der Waals surface area (Å²) in [6.45, 7) is 7.30. The van der Waals surface area contributed by atoms with E-state index in [1.54, 1.807) is 0 Å². The highest BCUT2D eigenvalue weighted by Crippen LogP contribution is 2.48. The lowest BCUT2D eigenvalue weighted by Gasteiger charge is -2.58. The minimum atomic E-state index is -0.513. The summed E-state index contributed by atoms with van der Waals surface area (Å²) in [7, 11) is 0. The van der Waals surface area contributed by atoms with E-state index in [-0.39, 0.29) is 6.04 Å². The largest absolute Gasteiger partial charge is 0.382 e. The number of piperidine rings is 3. The number of hydrogen-bond acceptors (Lipinski definition) is 2. The molecular formula is C30H31N2O+. The van der Waals surface area contributed by atoms with Crippen LogP contribution in [0.15, 0.2) is 91.6 Å². The van der Waals surface area contributed by atoms with Gasteiger partial charge in [0.05, 0.1) is 18.6 Å². The maximum atomic E-state index is 11.9. The number of quaternary nitrogens is 1. The van der Waals surface area contributed by atoms with Crippen molar-refractivity contribution in [3.63, 3.8) is 0 Å². The molecule has 7 rings (SSSR count). The molecule has 4 aromatic rings. The van der Waals surface area contributed by atoms with Crippen LogP contribution in [0.5, 0.6) is 0 Å². The molecule has 0 radical (unpaired) electrons. The average Bonchev–Trinajstić information content (AvgIpc) is 2.88. The van der Waals surface area contributed by atoms with Gasteiger partial charge in [0.15, 0.2) is 0 Å². The Kier molecular flexibility index (Phi) is 5.05. The fourth-order valence-corrected chi connectivity index (χ4v) is 6.73. The van der Waals surface area contributed by atoms with E-state index in [2.05, 4.69) is 66.2 Å². The van der Waals surface area contributed by atoms with E-state index in [4.69, 9.17) is 0 Å². The highest BCUT2D eigenvalue weighted by Gasteiger charge is 2.54. The second-order valence-corrected chi connectivity index (χ2v) is 10.0. The van der Waals surface area contributed by atoms with Gasteiger partial charge in [0.1, 0.15) is 18.7 Å². The molecule has 3 aliphatic heterocycles. The van der Waals surface area contributed by atoms with Crippen LogP contribution in [0, 0.1) is 11.8 Å². The number of aliphatic hydroxyl groups is 1. The number of hydrogen-bond donors (Lipinski definition) is 1. The Hall–Kier alpha value is -3.01. The minimum absolute atomic E-state index is 0.171. The number of nitrogens with zero attached hydrogens (tertiary/aromatic N) is 2. The van der Waals surface area contributed by atoms with Crippen molar-refractivity contribution in [1.29, 1.82) is 0 Å². The van der Waals surface area contributed by atoms with Crippen LogP contribution in [0.4, 0.5) is 0 Å². The molecule has 3 aliphatic rings. The molecular weight excluding hydrogens is 404 g/mol. The second kappa shape index (κ2) is 8.09. The number of fused-ring (bicyclic) bond motifs is 5. The van der Waals surface area contributed by atoms with E-state index in [0.29, 0.717) is 11.8 Å². The number of aromatic nitrogens is 1. The van der Waals surface area contributed by atoms with Crippen molar-refractivity contribution >= 4 is 21.7 Å². The lowest BCUT2D eigenvalue weighted by atomic mass is 9.71. The van der Waals surface area contributed by atoms with Gasteiger partial charge in [-0.3, -0.25) is 4.98 Å². The third kappa shape index (κ3) is 3.38. The summed E-state index contributed by atoms with van der Waals surface area (Å²) < 4.78 is 0.930. The van der Waals surface area contributed by atoms with Gasteiger partial charge in [-0.05, 0) is 34.4 Å². The summed E-state index contributed by atoms with van der Waals surface area (Å²) in [6.07, 6.45) is 5.76. The van der Waals surface area contributed by atoms with Crippen LogP contribution < -0.4 is 0 Å². The number of para-hydroxylation sites is 1. The Morgan fingerprint density at radius 1 is 1.00 bits per heavy atom. The molecule has 3 nitrogen and oxygen atoms in total. The maximum Gasteiger partial charge on any atom is 0.131 e. The molecule has 3 saturated heterocycles. The highest BCUT2D eigenvalue weighted by atomic mass is 16.3. The molecule has 4 heterocycles. The third-order valence-corrected chi connectivity index (χ3v) is 8.41. The summed E-state index contributed by atoms with van der Waals surface area (Å²) in [6, 6.07) is 25.7. The zero-order valence-electron chi connectivity index (χ0n) is 19.0. The van der Waals surface area contributed by atoms with Crippen molar-refractivity contribution in [2.45, 2.75) is 31.5 Å². The number of benzene rings is 3. The molecule has 0 spiro atoms. The van der Waals surface area contributed by atoms with E-state index in [0.717, 1.165) is 47.0 Å². The van der Waals surface area contributed by atoms with Crippen molar-refractivity contribution in [2.24, 2.45) is 11.8 Å². The lowest BCUT2D eigenvalue weighted by Crippen LogP contribution is -2.67. The zero-order chi connectivity index (χ0) is 22.4. The summed E-state index contributed by atoms with van der Waals surface area (Å²) in [5.41, 5.74) is 3.35. The smallest absolute Gasteiger partial charge is 0.131 e. The van der Waals surface area contributed by atoms with E-state index < -0.39 is 6.10 Å². The first-order chi connectivity index (χ1) is 16.2. The van der Waals surface area contributed by atoms with E-state index in [9.17, 15) is 5.11 Å². The summed E-state index contributed by atoms with van der Waals surface area (Å²) in [5, 5.41) is 15.6. The molecule has 0 amide bonds. The molecule has 3 aromatic carbocycles. The number of rotatable bonds is 5. The first-order valence-corrected chi connectivity index (χ1v) is 12.2. The highest BCUT2D eigenvalue weighted by molar-refractivity contribution is 5.85. The van der Waals surface area contributed by atoms with Gasteiger partial charge in [-0.25, -0.2) is 0 Å². The van der Waals surface area contributed by atoms with Gasteiger partial charge in [0.2, 0.25) is 0 Å². The molecule has 33 heavy (non-hydrogen) atoms. The van der Waals surface area contributed by atoms with Gasteiger partial charge in [-0.2, -0.15) is 0 Å². The topological polar surface area (TPSA) is 33.1 Å². The molecule has 0 unspecified atom stereocenters. The van der Waals surface area contributed by atoms with Gasteiger partial charge in [0, 0.05) is 35.9 Å². The Morgan fingerprint density at radius 3 is 2.67 bits per heavy atom. The first-order valence-electron chi connectivity index (χ1n) is 12.2. The van der Waals surface area contributed by atoms with Crippen LogP contribution in [0.2, 0.25) is 0 Å². The van der Waals surface area contributed by atoms with Crippen LogP contribution in [-0.4, -0.2) is 33.7 Å². The maximum absolute atomic E-state index is 11.9. The normalized spacial score (nSPS) is 27.6. The standard InChI is InChI=1S/C30H31N2O/c1-2-21-19-32(20-24-10-7-9-22-8-3-4-11-25(22)24)17-15-23(21)18-29(32)30(33)27-14-16-31-28-13-6-5-12-26(27)28/h2-14,16,21,23,29-30,33H,1,15,17-20H2/q+1/t21-,23-,29+,30-,32-/m0/s1. The first kappa shape index (κ1) is 20.6. The van der Waals surface area contributed by atoms with Crippen molar-refractivity contribution in [3.05, 3.63) is 103 Å².